The smallest absolute Gasteiger partial charge is 0.147 e. The van der Waals surface area contributed by atoms with Crippen molar-refractivity contribution in [2.45, 2.75) is 54.1 Å². The SMILES string of the molecule is Cc1cc(C)cc([O][Ti]([C]2=C(C(C)(C)C)C=CC2)[SiH](C)C)c1.Cl.Cl. The van der Waals surface area contributed by atoms with Gasteiger partial charge in [-0.25, -0.2) is 0 Å². The predicted octanol–water partition coefficient (Wildman–Crippen LogP) is 6.30. The fraction of sp³-hybridized carbons (Fsp3) is 0.474. The molecule has 1 aliphatic carbocycles. The van der Waals surface area contributed by atoms with Crippen LogP contribution in [0, 0.1) is 19.3 Å². The Labute approximate surface area is 167 Å². The number of rotatable bonds is 4. The number of allylic oxidation sites excluding steroid dienone is 4. The van der Waals surface area contributed by atoms with Gasteiger partial charge in [0.15, 0.2) is 0 Å². The van der Waals surface area contributed by atoms with E-state index in [1.807, 2.05) is 0 Å². The molecule has 1 aromatic rings. The first-order valence-electron chi connectivity index (χ1n) is 8.22. The normalized spacial score (nSPS) is 13.7. The van der Waals surface area contributed by atoms with Crippen molar-refractivity contribution in [2.75, 3.05) is 0 Å². The summed E-state index contributed by atoms with van der Waals surface area (Å²) in [6, 6.07) is 6.63. The first-order valence-corrected chi connectivity index (χ1v) is 15.2. The predicted molar refractivity (Wildman–Crippen MR) is 110 cm³/mol. The van der Waals surface area contributed by atoms with Crippen LogP contribution in [0.5, 0.6) is 5.75 Å². The summed E-state index contributed by atoms with van der Waals surface area (Å²) < 4.78 is 8.35. The molecule has 0 atom stereocenters. The van der Waals surface area contributed by atoms with Gasteiger partial charge in [0.1, 0.15) is 0 Å². The zero-order valence-electron chi connectivity index (χ0n) is 15.9. The van der Waals surface area contributed by atoms with Gasteiger partial charge in [-0.1, -0.05) is 0 Å². The molecule has 0 saturated heterocycles. The maximum Gasteiger partial charge on any atom is -0.147 e. The van der Waals surface area contributed by atoms with Gasteiger partial charge in [-0.3, -0.25) is 0 Å². The Bertz CT molecular complexity index is 598. The quantitative estimate of drug-likeness (QED) is 0.518. The molecule has 0 unspecified atom stereocenters. The number of aryl methyl sites for hydroxylation is 2. The van der Waals surface area contributed by atoms with Crippen molar-refractivity contribution in [3.63, 3.8) is 0 Å². The van der Waals surface area contributed by atoms with Crippen molar-refractivity contribution in [2.24, 2.45) is 5.41 Å². The first kappa shape index (κ1) is 24.0. The average molecular weight is 422 g/mol. The second kappa shape index (κ2) is 9.64. The van der Waals surface area contributed by atoms with Crippen molar-refractivity contribution < 1.29 is 20.8 Å². The molecule has 2 rings (SSSR count). The molecule has 0 radical (unpaired) electrons. The molecule has 1 aromatic carbocycles. The molecular weight excluding hydrogens is 391 g/mol. The van der Waals surface area contributed by atoms with E-state index in [1.165, 1.54) is 11.1 Å². The van der Waals surface area contributed by atoms with E-state index in [2.05, 4.69) is 78.1 Å². The molecule has 5 heteroatoms. The van der Waals surface area contributed by atoms with Crippen molar-refractivity contribution >= 4 is 31.5 Å². The molecule has 0 heterocycles. The zero-order valence-corrected chi connectivity index (χ0v) is 20.2. The van der Waals surface area contributed by atoms with Crippen LogP contribution in [0.25, 0.3) is 0 Å². The third-order valence-electron chi connectivity index (χ3n) is 3.98. The van der Waals surface area contributed by atoms with Gasteiger partial charge in [0.2, 0.25) is 0 Å². The van der Waals surface area contributed by atoms with Crippen LogP contribution in [0.3, 0.4) is 0 Å². The molecule has 24 heavy (non-hydrogen) atoms. The van der Waals surface area contributed by atoms with Crippen molar-refractivity contribution in [1.82, 2.24) is 0 Å². The summed E-state index contributed by atoms with van der Waals surface area (Å²) in [5.41, 5.74) is 4.38. The fourth-order valence-electron chi connectivity index (χ4n) is 3.09. The summed E-state index contributed by atoms with van der Waals surface area (Å²) in [7, 11) is 0. The average Bonchev–Trinajstić information content (AvgIpc) is 2.83. The summed E-state index contributed by atoms with van der Waals surface area (Å²) in [5, 5.41) is 0. The van der Waals surface area contributed by atoms with Gasteiger partial charge in [0, 0.05) is 0 Å². The van der Waals surface area contributed by atoms with E-state index in [0.29, 0.717) is 0 Å². The van der Waals surface area contributed by atoms with Crippen LogP contribution in [-0.2, 0) is 17.5 Å². The minimum Gasteiger partial charge on any atom is -0.147 e. The zero-order chi connectivity index (χ0) is 16.5. The number of hydrogen-bond donors (Lipinski definition) is 0. The minimum atomic E-state index is -1.65. The molecule has 0 fully saturated rings. The van der Waals surface area contributed by atoms with Crippen LogP contribution in [-0.4, -0.2) is 6.66 Å². The maximum atomic E-state index is 6.68. The third kappa shape index (κ3) is 6.07. The van der Waals surface area contributed by atoms with Gasteiger partial charge < -0.3 is 0 Å². The molecule has 0 bridgehead atoms. The van der Waals surface area contributed by atoms with E-state index in [0.717, 1.165) is 12.2 Å². The Morgan fingerprint density at radius 3 is 2.00 bits per heavy atom. The van der Waals surface area contributed by atoms with Crippen molar-refractivity contribution in [3.05, 3.63) is 50.9 Å². The van der Waals surface area contributed by atoms with Gasteiger partial charge in [-0.2, -0.15) is 0 Å². The summed E-state index contributed by atoms with van der Waals surface area (Å²) in [4.78, 5) is 0. The molecule has 1 nitrogen and oxygen atoms in total. The van der Waals surface area contributed by atoms with Gasteiger partial charge >= 0.3 is 144 Å². The Morgan fingerprint density at radius 2 is 1.54 bits per heavy atom. The van der Waals surface area contributed by atoms with E-state index in [9.17, 15) is 0 Å². The van der Waals surface area contributed by atoms with E-state index < -0.39 is 24.2 Å². The van der Waals surface area contributed by atoms with E-state index >= 15 is 0 Å². The van der Waals surface area contributed by atoms with Crippen LogP contribution in [0.2, 0.25) is 13.1 Å². The van der Waals surface area contributed by atoms with Crippen molar-refractivity contribution in [3.8, 4) is 5.75 Å². The van der Waals surface area contributed by atoms with Crippen molar-refractivity contribution in [1.29, 1.82) is 0 Å². The molecule has 0 aliphatic heterocycles. The standard InChI is InChI=1S/C9H13.C8H10O.C2H7Si.2ClH.Ti/c1-9(2,3)8-6-4-5-7-8;1-6-3-7(2)5-8(9)4-6;1-3-2;;;/h4,6H,5H2,1-3H3;3-5,9H,1-2H3;3H,1-2H3;2*1H;/q;;;;;+1/p-1. The first-order chi connectivity index (χ1) is 10.2. The molecule has 0 saturated carbocycles. The molecular formula is C19H31Cl2OSiTi. The topological polar surface area (TPSA) is 9.23 Å². The number of halogens is 2. The van der Waals surface area contributed by atoms with Crippen LogP contribution >= 0.6 is 24.8 Å². The van der Waals surface area contributed by atoms with Gasteiger partial charge in [0.05, 0.1) is 0 Å². The van der Waals surface area contributed by atoms with E-state index in [-0.39, 0.29) is 30.2 Å². The Balaban J connectivity index is 0.00000264. The van der Waals surface area contributed by atoms with Crippen LogP contribution in [0.4, 0.5) is 0 Å². The maximum absolute atomic E-state index is 6.68. The monoisotopic (exact) mass is 421 g/mol. The summed E-state index contributed by atoms with van der Waals surface area (Å²) in [6.07, 6.45) is 5.81. The number of benzene rings is 1. The minimum absolute atomic E-state index is 0. The van der Waals surface area contributed by atoms with Gasteiger partial charge in [-0.05, 0) is 0 Å². The second-order valence-corrected chi connectivity index (χ2v) is 20.0. The Hall–Kier alpha value is 0.0112. The Kier molecular flexibility index (Phi) is 9.64. The molecule has 1 aliphatic rings. The van der Waals surface area contributed by atoms with Gasteiger partial charge in [0.25, 0.3) is 0 Å². The largest absolute Gasteiger partial charge is 0.147 e. The summed E-state index contributed by atoms with van der Waals surface area (Å²) in [6.45, 7) is 15.4. The summed E-state index contributed by atoms with van der Waals surface area (Å²) >= 11 is -1.65. The molecule has 0 amide bonds. The number of hydrogen-bond acceptors (Lipinski definition) is 1. The third-order valence-corrected chi connectivity index (χ3v) is 14.2. The van der Waals surface area contributed by atoms with Crippen LogP contribution < -0.4 is 3.32 Å². The van der Waals surface area contributed by atoms with E-state index in [1.54, 1.807) is 9.45 Å². The second-order valence-electron chi connectivity index (χ2n) is 7.69. The Morgan fingerprint density at radius 1 is 1.00 bits per heavy atom. The van der Waals surface area contributed by atoms with E-state index in [4.69, 9.17) is 3.32 Å². The summed E-state index contributed by atoms with van der Waals surface area (Å²) in [5.74, 6) is 1.10. The van der Waals surface area contributed by atoms with Crippen LogP contribution in [0.1, 0.15) is 38.3 Å². The van der Waals surface area contributed by atoms with Crippen LogP contribution in [0.15, 0.2) is 39.8 Å². The molecule has 0 N–H and O–H groups in total. The fourth-order valence-corrected chi connectivity index (χ4v) is 12.5. The molecule has 0 spiro atoms. The molecule has 135 valence electrons. The van der Waals surface area contributed by atoms with Gasteiger partial charge in [-0.15, -0.1) is 24.8 Å². The molecule has 0 aromatic heterocycles.